The number of rotatable bonds is 4. The SMILES string of the molecule is Cc1cc(C)n2nc(C(=O)N3CCC(Cn4nc(-c5ccncc5)ccc4=O)CC3)nc2n1. The molecule has 1 fully saturated rings. The summed E-state index contributed by atoms with van der Waals surface area (Å²) in [6.07, 6.45) is 4.97. The van der Waals surface area contributed by atoms with Crippen LogP contribution in [0.3, 0.4) is 0 Å². The third-order valence-corrected chi connectivity index (χ3v) is 5.99. The summed E-state index contributed by atoms with van der Waals surface area (Å²) < 4.78 is 3.12. The number of hydrogen-bond donors (Lipinski definition) is 0. The smallest absolute Gasteiger partial charge is 0.293 e. The number of pyridine rings is 1. The van der Waals surface area contributed by atoms with Gasteiger partial charge in [0, 0.05) is 55.0 Å². The second-order valence-electron chi connectivity index (χ2n) is 8.40. The predicted octanol–water partition coefficient (Wildman–Crippen LogP) is 1.91. The average Bonchev–Trinajstić information content (AvgIpc) is 3.25. The van der Waals surface area contributed by atoms with Crippen LogP contribution in [0.1, 0.15) is 34.8 Å². The average molecular weight is 444 g/mol. The van der Waals surface area contributed by atoms with E-state index in [-0.39, 0.29) is 23.2 Å². The molecule has 0 atom stereocenters. The molecule has 168 valence electrons. The van der Waals surface area contributed by atoms with Crippen LogP contribution in [0.2, 0.25) is 0 Å². The first kappa shape index (κ1) is 20.9. The van der Waals surface area contributed by atoms with E-state index in [9.17, 15) is 9.59 Å². The van der Waals surface area contributed by atoms with Crippen molar-refractivity contribution in [2.24, 2.45) is 5.92 Å². The number of carbonyl (C=O) groups is 1. The van der Waals surface area contributed by atoms with E-state index in [4.69, 9.17) is 0 Å². The van der Waals surface area contributed by atoms with E-state index in [0.29, 0.717) is 25.4 Å². The number of aryl methyl sites for hydroxylation is 2. The molecule has 5 heterocycles. The zero-order valence-electron chi connectivity index (χ0n) is 18.5. The van der Waals surface area contributed by atoms with E-state index in [1.54, 1.807) is 33.9 Å². The Kier molecular flexibility index (Phi) is 5.41. The Balaban J connectivity index is 1.26. The Bertz CT molecular complexity index is 1370. The molecule has 0 bridgehead atoms. The fourth-order valence-electron chi connectivity index (χ4n) is 4.22. The third-order valence-electron chi connectivity index (χ3n) is 5.99. The van der Waals surface area contributed by atoms with Crippen LogP contribution < -0.4 is 5.56 Å². The largest absolute Gasteiger partial charge is 0.336 e. The van der Waals surface area contributed by atoms with E-state index in [1.165, 1.54) is 4.68 Å². The number of piperidine rings is 1. The number of fused-ring (bicyclic) bond motifs is 1. The van der Waals surface area contributed by atoms with Gasteiger partial charge in [-0.3, -0.25) is 14.6 Å². The van der Waals surface area contributed by atoms with Gasteiger partial charge in [0.2, 0.25) is 5.82 Å². The molecule has 0 spiro atoms. The second-order valence-corrected chi connectivity index (χ2v) is 8.40. The van der Waals surface area contributed by atoms with Crippen LogP contribution >= 0.6 is 0 Å². The molecule has 4 aromatic rings. The van der Waals surface area contributed by atoms with Gasteiger partial charge in [0.25, 0.3) is 17.2 Å². The Morgan fingerprint density at radius 2 is 1.79 bits per heavy atom. The highest BCUT2D eigenvalue weighted by atomic mass is 16.2. The van der Waals surface area contributed by atoms with Crippen molar-refractivity contribution in [3.8, 4) is 11.3 Å². The van der Waals surface area contributed by atoms with Gasteiger partial charge >= 0.3 is 0 Å². The van der Waals surface area contributed by atoms with E-state index in [0.717, 1.165) is 35.5 Å². The number of aromatic nitrogens is 7. The molecule has 10 nitrogen and oxygen atoms in total. The van der Waals surface area contributed by atoms with Gasteiger partial charge in [-0.05, 0) is 56.9 Å². The number of likely N-dealkylation sites (tertiary alicyclic amines) is 1. The summed E-state index contributed by atoms with van der Waals surface area (Å²) in [4.78, 5) is 39.8. The Morgan fingerprint density at radius 3 is 2.55 bits per heavy atom. The lowest BCUT2D eigenvalue weighted by molar-refractivity contribution is 0.0668. The normalized spacial score (nSPS) is 14.7. The van der Waals surface area contributed by atoms with Crippen molar-refractivity contribution in [2.75, 3.05) is 13.1 Å². The standard InChI is InChI=1S/C23H24N8O2/c1-15-13-16(2)31-23(25-15)26-21(28-31)22(33)29-11-7-17(8-12-29)14-30-20(32)4-3-19(27-30)18-5-9-24-10-6-18/h3-6,9-10,13,17H,7-8,11-12,14H2,1-2H3. The highest BCUT2D eigenvalue weighted by molar-refractivity contribution is 5.91. The van der Waals surface area contributed by atoms with Crippen molar-refractivity contribution in [2.45, 2.75) is 33.2 Å². The van der Waals surface area contributed by atoms with Gasteiger partial charge in [0.05, 0.1) is 5.69 Å². The minimum Gasteiger partial charge on any atom is -0.336 e. The van der Waals surface area contributed by atoms with E-state index >= 15 is 0 Å². The van der Waals surface area contributed by atoms with E-state index < -0.39 is 0 Å². The molecular formula is C23H24N8O2. The summed E-state index contributed by atoms with van der Waals surface area (Å²) in [5.41, 5.74) is 3.25. The lowest BCUT2D eigenvalue weighted by atomic mass is 9.96. The van der Waals surface area contributed by atoms with Crippen LogP contribution in [0, 0.1) is 19.8 Å². The summed E-state index contributed by atoms with van der Waals surface area (Å²) in [5.74, 6) is 0.668. The van der Waals surface area contributed by atoms with Gasteiger partial charge in [0.15, 0.2) is 0 Å². The molecule has 1 aliphatic rings. The lowest BCUT2D eigenvalue weighted by Gasteiger charge is -2.31. The number of hydrogen-bond acceptors (Lipinski definition) is 7. The summed E-state index contributed by atoms with van der Waals surface area (Å²) >= 11 is 0. The van der Waals surface area contributed by atoms with Crippen LogP contribution in [-0.4, -0.2) is 58.2 Å². The molecule has 0 saturated carbocycles. The summed E-state index contributed by atoms with van der Waals surface area (Å²) in [7, 11) is 0. The molecule has 0 aromatic carbocycles. The first-order valence-corrected chi connectivity index (χ1v) is 11.0. The first-order valence-electron chi connectivity index (χ1n) is 11.0. The molecule has 10 heteroatoms. The fraction of sp³-hybridized carbons (Fsp3) is 0.348. The fourth-order valence-corrected chi connectivity index (χ4v) is 4.22. The zero-order valence-corrected chi connectivity index (χ0v) is 18.5. The highest BCUT2D eigenvalue weighted by Gasteiger charge is 2.27. The molecule has 5 rings (SSSR count). The van der Waals surface area contributed by atoms with Crippen LogP contribution in [0.4, 0.5) is 0 Å². The van der Waals surface area contributed by atoms with Crippen molar-refractivity contribution < 1.29 is 4.79 Å². The number of carbonyl (C=O) groups excluding carboxylic acids is 1. The van der Waals surface area contributed by atoms with Crippen molar-refractivity contribution in [3.05, 3.63) is 70.3 Å². The minimum absolute atomic E-state index is 0.127. The molecule has 33 heavy (non-hydrogen) atoms. The predicted molar refractivity (Wildman–Crippen MR) is 121 cm³/mol. The molecule has 1 amide bonds. The summed E-state index contributed by atoms with van der Waals surface area (Å²) in [5, 5.41) is 8.90. The third kappa shape index (κ3) is 4.23. The number of nitrogens with zero attached hydrogens (tertiary/aromatic N) is 8. The van der Waals surface area contributed by atoms with Crippen LogP contribution in [0.5, 0.6) is 0 Å². The Hall–Kier alpha value is -3.95. The van der Waals surface area contributed by atoms with E-state index in [1.807, 2.05) is 32.0 Å². The van der Waals surface area contributed by atoms with Crippen molar-refractivity contribution in [1.82, 2.24) is 39.2 Å². The molecule has 0 unspecified atom stereocenters. The molecule has 0 aliphatic carbocycles. The maximum atomic E-state index is 13.0. The second kappa shape index (κ2) is 8.53. The maximum absolute atomic E-state index is 13.0. The molecule has 1 aliphatic heterocycles. The highest BCUT2D eigenvalue weighted by Crippen LogP contribution is 2.21. The number of amides is 1. The topological polar surface area (TPSA) is 111 Å². The zero-order chi connectivity index (χ0) is 22.9. The molecule has 0 radical (unpaired) electrons. The van der Waals surface area contributed by atoms with Gasteiger partial charge in [0.1, 0.15) is 0 Å². The van der Waals surface area contributed by atoms with Crippen molar-refractivity contribution >= 4 is 11.7 Å². The van der Waals surface area contributed by atoms with E-state index in [2.05, 4.69) is 25.1 Å². The Labute approximate surface area is 189 Å². The van der Waals surface area contributed by atoms with Gasteiger partial charge in [-0.15, -0.1) is 5.10 Å². The minimum atomic E-state index is -0.189. The van der Waals surface area contributed by atoms with Gasteiger partial charge in [-0.25, -0.2) is 14.2 Å². The molecule has 4 aromatic heterocycles. The summed E-state index contributed by atoms with van der Waals surface area (Å²) in [6.45, 7) is 5.50. The first-order chi connectivity index (χ1) is 16.0. The van der Waals surface area contributed by atoms with Gasteiger partial charge < -0.3 is 4.90 Å². The van der Waals surface area contributed by atoms with Crippen molar-refractivity contribution in [3.63, 3.8) is 0 Å². The van der Waals surface area contributed by atoms with Crippen LogP contribution in [0.25, 0.3) is 17.0 Å². The van der Waals surface area contributed by atoms with Crippen LogP contribution in [0.15, 0.2) is 47.5 Å². The maximum Gasteiger partial charge on any atom is 0.293 e. The van der Waals surface area contributed by atoms with Crippen LogP contribution in [-0.2, 0) is 6.54 Å². The van der Waals surface area contributed by atoms with Crippen molar-refractivity contribution in [1.29, 1.82) is 0 Å². The lowest BCUT2D eigenvalue weighted by Crippen LogP contribution is -2.40. The quantitative estimate of drug-likeness (QED) is 0.473. The Morgan fingerprint density at radius 1 is 1.03 bits per heavy atom. The monoisotopic (exact) mass is 444 g/mol. The molecule has 0 N–H and O–H groups in total. The molecule has 1 saturated heterocycles. The van der Waals surface area contributed by atoms with Gasteiger partial charge in [-0.2, -0.15) is 10.1 Å². The summed E-state index contributed by atoms with van der Waals surface area (Å²) in [6, 6.07) is 8.92. The van der Waals surface area contributed by atoms with Gasteiger partial charge in [-0.1, -0.05) is 0 Å². The molecular weight excluding hydrogens is 420 g/mol.